The molecule has 0 atom stereocenters. The molecule has 0 saturated heterocycles. The Hall–Kier alpha value is -2.05. The van der Waals surface area contributed by atoms with Crippen molar-refractivity contribution in [2.75, 3.05) is 13.2 Å². The van der Waals surface area contributed by atoms with Gasteiger partial charge in [0.2, 0.25) is 0 Å². The first kappa shape index (κ1) is 14.9. The molecule has 0 radical (unpaired) electrons. The second-order valence-electron chi connectivity index (χ2n) is 3.12. The third kappa shape index (κ3) is 7.83. The molecular weight excluding hydrogens is 230 g/mol. The molecule has 7 nitrogen and oxygen atoms in total. The fraction of sp³-hybridized carbons (Fsp3) is 0.500. The molecule has 94 valence electrons. The van der Waals surface area contributed by atoms with Crippen LogP contribution in [0.5, 0.6) is 0 Å². The molecule has 0 saturated carbocycles. The van der Waals surface area contributed by atoms with Gasteiger partial charge in [0.15, 0.2) is 0 Å². The molecule has 0 aliphatic rings. The van der Waals surface area contributed by atoms with E-state index in [0.29, 0.717) is 0 Å². The van der Waals surface area contributed by atoms with Crippen LogP contribution >= 0.6 is 0 Å². The van der Waals surface area contributed by atoms with Gasteiger partial charge in [-0.05, 0) is 6.92 Å². The lowest BCUT2D eigenvalue weighted by Crippen LogP contribution is -2.14. The Morgan fingerprint density at radius 1 is 1.12 bits per heavy atom. The molecule has 0 aromatic rings. The number of carbonyl (C=O) groups is 3. The molecule has 0 aliphatic carbocycles. The van der Waals surface area contributed by atoms with Crippen molar-refractivity contribution in [3.05, 3.63) is 17.1 Å². The lowest BCUT2D eigenvalue weighted by atomic mass is 10.3. The van der Waals surface area contributed by atoms with E-state index in [9.17, 15) is 19.3 Å². The Kier molecular flexibility index (Phi) is 7.16. The Labute approximate surface area is 97.7 Å². The maximum atomic E-state index is 11.0. The summed E-state index contributed by atoms with van der Waals surface area (Å²) in [6.07, 6.45) is -0.507. The van der Waals surface area contributed by atoms with Crippen LogP contribution < -0.4 is 0 Å². The van der Waals surface area contributed by atoms with Gasteiger partial charge >= 0.3 is 11.9 Å². The average Bonchev–Trinajstić information content (AvgIpc) is 2.30. The smallest absolute Gasteiger partial charge is 0.333 e. The zero-order chi connectivity index (χ0) is 13.3. The van der Waals surface area contributed by atoms with Crippen molar-refractivity contribution in [1.29, 1.82) is 0 Å². The van der Waals surface area contributed by atoms with Crippen LogP contribution in [-0.4, -0.2) is 31.1 Å². The molecule has 7 heteroatoms. The molecule has 0 aromatic heterocycles. The first-order chi connectivity index (χ1) is 7.97. The summed E-state index contributed by atoms with van der Waals surface area (Å²) in [6, 6.07) is 0. The summed E-state index contributed by atoms with van der Waals surface area (Å²) in [5.74, 6) is -2.13. The van der Waals surface area contributed by atoms with E-state index < -0.39 is 17.8 Å². The van der Waals surface area contributed by atoms with Crippen LogP contribution in [0.25, 0.3) is 0 Å². The van der Waals surface area contributed by atoms with Crippen molar-refractivity contribution < 1.29 is 23.9 Å². The average molecular weight is 243 g/mol. The van der Waals surface area contributed by atoms with Crippen molar-refractivity contribution in [2.24, 2.45) is 5.18 Å². The fourth-order valence-corrected chi connectivity index (χ4v) is 0.740. The monoisotopic (exact) mass is 243 g/mol. The number of ether oxygens (including phenoxy) is 2. The lowest BCUT2D eigenvalue weighted by molar-refractivity contribution is -0.150. The van der Waals surface area contributed by atoms with Gasteiger partial charge in [0.25, 0.3) is 5.91 Å². The van der Waals surface area contributed by atoms with E-state index in [0.717, 1.165) is 0 Å². The summed E-state index contributed by atoms with van der Waals surface area (Å²) in [4.78, 5) is 42.0. The molecule has 1 amide bonds. The summed E-state index contributed by atoms with van der Waals surface area (Å²) in [5, 5.41) is 2.12. The van der Waals surface area contributed by atoms with Crippen LogP contribution in [0.15, 0.2) is 17.3 Å². The number of nitrogens with zero attached hydrogens (tertiary/aromatic N) is 1. The molecule has 0 unspecified atom stereocenters. The molecule has 0 fully saturated rings. The highest BCUT2D eigenvalue weighted by Gasteiger charge is 2.08. The minimum absolute atomic E-state index is 0.0860. The van der Waals surface area contributed by atoms with Crippen LogP contribution in [0.3, 0.4) is 0 Å². The lowest BCUT2D eigenvalue weighted by Gasteiger charge is -2.05. The zero-order valence-corrected chi connectivity index (χ0v) is 9.43. The van der Waals surface area contributed by atoms with Gasteiger partial charge in [-0.15, -0.1) is 4.91 Å². The quantitative estimate of drug-likeness (QED) is 0.283. The Morgan fingerprint density at radius 2 is 1.71 bits per heavy atom. The van der Waals surface area contributed by atoms with Gasteiger partial charge in [0, 0.05) is 17.2 Å². The standard InChI is InChI=1S/C10H13NO6/c1-7(2)10(14)17-6-5-16-9(13)4-3-8(12)11-15/h1,3-6H2,2H3. The van der Waals surface area contributed by atoms with Gasteiger partial charge in [-0.3, -0.25) is 9.59 Å². The number of rotatable bonds is 7. The van der Waals surface area contributed by atoms with Crippen LogP contribution in [0.1, 0.15) is 19.8 Å². The summed E-state index contributed by atoms with van der Waals surface area (Å²) in [5.41, 5.74) is 0.249. The number of carbonyl (C=O) groups excluding carboxylic acids is 3. The second kappa shape index (κ2) is 8.14. The topological polar surface area (TPSA) is 99.1 Å². The summed E-state index contributed by atoms with van der Waals surface area (Å²) in [6.45, 7) is 4.66. The largest absolute Gasteiger partial charge is 0.462 e. The molecular formula is C10H13NO6. The first-order valence-electron chi connectivity index (χ1n) is 4.81. The predicted octanol–water partition coefficient (Wildman–Crippen LogP) is 0.722. The van der Waals surface area contributed by atoms with Crippen molar-refractivity contribution in [1.82, 2.24) is 0 Å². The summed E-state index contributed by atoms with van der Waals surface area (Å²) >= 11 is 0. The Bertz CT molecular complexity index is 336. The van der Waals surface area contributed by atoms with Crippen LogP contribution in [-0.2, 0) is 23.9 Å². The fourth-order valence-electron chi connectivity index (χ4n) is 0.740. The van der Waals surface area contributed by atoms with Crippen LogP contribution in [0.2, 0.25) is 0 Å². The molecule has 0 heterocycles. The minimum Gasteiger partial charge on any atom is -0.462 e. The second-order valence-corrected chi connectivity index (χ2v) is 3.12. The molecule has 0 aliphatic heterocycles. The Balaban J connectivity index is 3.58. The van der Waals surface area contributed by atoms with E-state index in [1.165, 1.54) is 6.92 Å². The van der Waals surface area contributed by atoms with Gasteiger partial charge in [0.05, 0.1) is 6.42 Å². The third-order valence-corrected chi connectivity index (χ3v) is 1.57. The van der Waals surface area contributed by atoms with E-state index in [-0.39, 0.29) is 31.6 Å². The molecule has 0 rings (SSSR count). The van der Waals surface area contributed by atoms with Gasteiger partial charge < -0.3 is 9.47 Å². The van der Waals surface area contributed by atoms with Crippen molar-refractivity contribution >= 4 is 17.8 Å². The number of esters is 2. The number of amides is 1. The Morgan fingerprint density at radius 3 is 2.24 bits per heavy atom. The zero-order valence-electron chi connectivity index (χ0n) is 9.43. The van der Waals surface area contributed by atoms with Crippen LogP contribution in [0.4, 0.5) is 0 Å². The van der Waals surface area contributed by atoms with Gasteiger partial charge in [-0.2, -0.15) is 0 Å². The highest BCUT2D eigenvalue weighted by Crippen LogP contribution is 1.96. The van der Waals surface area contributed by atoms with Crippen molar-refractivity contribution in [3.63, 3.8) is 0 Å². The van der Waals surface area contributed by atoms with Gasteiger partial charge in [-0.1, -0.05) is 6.58 Å². The minimum atomic E-state index is -0.907. The molecule has 0 N–H and O–H groups in total. The number of hydrogen-bond donors (Lipinski definition) is 0. The maximum Gasteiger partial charge on any atom is 0.333 e. The highest BCUT2D eigenvalue weighted by molar-refractivity contribution is 5.86. The van der Waals surface area contributed by atoms with Gasteiger partial charge in [-0.25, -0.2) is 4.79 Å². The number of hydrogen-bond acceptors (Lipinski definition) is 6. The first-order valence-corrected chi connectivity index (χ1v) is 4.81. The van der Waals surface area contributed by atoms with E-state index in [2.05, 4.69) is 21.2 Å². The number of nitroso groups, excluding NO2 is 1. The van der Waals surface area contributed by atoms with Crippen molar-refractivity contribution in [2.45, 2.75) is 19.8 Å². The van der Waals surface area contributed by atoms with E-state index in [1.54, 1.807) is 0 Å². The molecule has 0 spiro atoms. The van der Waals surface area contributed by atoms with E-state index >= 15 is 0 Å². The normalized spacial score (nSPS) is 9.24. The van der Waals surface area contributed by atoms with Crippen molar-refractivity contribution in [3.8, 4) is 0 Å². The molecule has 17 heavy (non-hydrogen) atoms. The molecule has 0 bridgehead atoms. The SMILES string of the molecule is C=C(C)C(=O)OCCOC(=O)CCC(=O)N=O. The molecule has 0 aromatic carbocycles. The van der Waals surface area contributed by atoms with Gasteiger partial charge in [0.1, 0.15) is 13.2 Å². The summed E-state index contributed by atoms with van der Waals surface area (Å²) < 4.78 is 9.27. The predicted molar refractivity (Wildman–Crippen MR) is 56.8 cm³/mol. The maximum absolute atomic E-state index is 11.0. The summed E-state index contributed by atoms with van der Waals surface area (Å²) in [7, 11) is 0. The third-order valence-electron chi connectivity index (χ3n) is 1.57. The van der Waals surface area contributed by atoms with E-state index in [1.807, 2.05) is 0 Å². The van der Waals surface area contributed by atoms with E-state index in [4.69, 9.17) is 0 Å². The highest BCUT2D eigenvalue weighted by atomic mass is 16.6. The van der Waals surface area contributed by atoms with Crippen LogP contribution in [0, 0.1) is 4.91 Å².